The Labute approximate surface area is 166 Å². The molecule has 2 aromatic rings. The van der Waals surface area contributed by atoms with Gasteiger partial charge in [-0.2, -0.15) is 5.26 Å². The van der Waals surface area contributed by atoms with Crippen molar-refractivity contribution in [2.75, 3.05) is 11.9 Å². The van der Waals surface area contributed by atoms with Crippen molar-refractivity contribution in [3.8, 4) is 6.07 Å². The molecule has 1 aliphatic carbocycles. The Kier molecular flexibility index (Phi) is 5.06. The number of nitrogens with zero attached hydrogens (tertiary/aromatic N) is 3. The van der Waals surface area contributed by atoms with Crippen molar-refractivity contribution in [3.63, 3.8) is 0 Å². The molecule has 4 rings (SSSR count). The first-order valence-electron chi connectivity index (χ1n) is 9.36. The molecule has 0 aromatic carbocycles. The van der Waals surface area contributed by atoms with Crippen LogP contribution >= 0.6 is 15.9 Å². The van der Waals surface area contributed by atoms with E-state index in [0.717, 1.165) is 60.7 Å². The van der Waals surface area contributed by atoms with E-state index in [1.807, 2.05) is 6.07 Å². The van der Waals surface area contributed by atoms with Crippen LogP contribution in [0.2, 0.25) is 0 Å². The SMILES string of the molecule is N#Cc1cc2c(Br)c(NC3CCC(N4CCCC4C(N)=O)CC3)ncc2o1. The number of amides is 1. The summed E-state index contributed by atoms with van der Waals surface area (Å²) >= 11 is 3.59. The third kappa shape index (κ3) is 3.54. The summed E-state index contributed by atoms with van der Waals surface area (Å²) < 4.78 is 6.24. The first-order valence-corrected chi connectivity index (χ1v) is 10.2. The number of anilines is 1. The van der Waals surface area contributed by atoms with Crippen molar-refractivity contribution in [1.82, 2.24) is 9.88 Å². The maximum Gasteiger partial charge on any atom is 0.234 e. The summed E-state index contributed by atoms with van der Waals surface area (Å²) in [5, 5.41) is 13.4. The van der Waals surface area contributed by atoms with E-state index in [4.69, 9.17) is 15.4 Å². The number of likely N-dealkylation sites (tertiary alicyclic amines) is 1. The predicted octanol–water partition coefficient (Wildman–Crippen LogP) is 3.13. The van der Waals surface area contributed by atoms with Gasteiger partial charge in [0.15, 0.2) is 5.58 Å². The number of carbonyl (C=O) groups excluding carboxylic acids is 1. The molecule has 7 nitrogen and oxygen atoms in total. The van der Waals surface area contributed by atoms with Crippen molar-refractivity contribution in [3.05, 3.63) is 22.5 Å². The fraction of sp³-hybridized carbons (Fsp3) is 0.526. The Bertz CT molecular complexity index is 897. The largest absolute Gasteiger partial charge is 0.444 e. The molecule has 2 aromatic heterocycles. The van der Waals surface area contributed by atoms with Crippen LogP contribution in [0.5, 0.6) is 0 Å². The zero-order valence-electron chi connectivity index (χ0n) is 14.9. The van der Waals surface area contributed by atoms with E-state index in [-0.39, 0.29) is 17.7 Å². The van der Waals surface area contributed by atoms with E-state index in [0.29, 0.717) is 17.7 Å². The van der Waals surface area contributed by atoms with Crippen LogP contribution in [0.25, 0.3) is 11.0 Å². The number of nitriles is 1. The number of hydrogen-bond acceptors (Lipinski definition) is 6. The monoisotopic (exact) mass is 431 g/mol. The maximum absolute atomic E-state index is 11.7. The Morgan fingerprint density at radius 3 is 2.85 bits per heavy atom. The molecule has 1 saturated heterocycles. The molecule has 0 radical (unpaired) electrons. The highest BCUT2D eigenvalue weighted by Gasteiger charge is 2.36. The zero-order valence-corrected chi connectivity index (χ0v) is 16.5. The van der Waals surface area contributed by atoms with E-state index >= 15 is 0 Å². The van der Waals surface area contributed by atoms with Gasteiger partial charge in [-0.15, -0.1) is 0 Å². The van der Waals surface area contributed by atoms with Gasteiger partial charge in [-0.25, -0.2) is 4.98 Å². The first-order chi connectivity index (χ1) is 13.1. The average Bonchev–Trinajstić information content (AvgIpc) is 3.32. The Balaban J connectivity index is 1.41. The van der Waals surface area contributed by atoms with Gasteiger partial charge in [0, 0.05) is 23.5 Å². The van der Waals surface area contributed by atoms with E-state index in [1.165, 1.54) is 0 Å². The lowest BCUT2D eigenvalue weighted by molar-refractivity contribution is -0.123. The lowest BCUT2D eigenvalue weighted by atomic mass is 9.89. The van der Waals surface area contributed by atoms with Gasteiger partial charge < -0.3 is 15.5 Å². The standard InChI is InChI=1S/C19H22BrN5O2/c20-17-14-8-13(9-21)27-16(14)10-23-19(17)24-11-3-5-12(6-4-11)25-7-1-2-15(25)18(22)26/h8,10-12,15H,1-7H2,(H2,22,26)(H,23,24). The summed E-state index contributed by atoms with van der Waals surface area (Å²) in [5.41, 5.74) is 6.16. The van der Waals surface area contributed by atoms with Crippen molar-refractivity contribution in [2.24, 2.45) is 5.73 Å². The highest BCUT2D eigenvalue weighted by atomic mass is 79.9. The lowest BCUT2D eigenvalue weighted by Crippen LogP contribution is -2.48. The van der Waals surface area contributed by atoms with Crippen LogP contribution in [-0.4, -0.2) is 40.5 Å². The highest BCUT2D eigenvalue weighted by molar-refractivity contribution is 9.10. The number of furan rings is 1. The Morgan fingerprint density at radius 2 is 2.15 bits per heavy atom. The number of carbonyl (C=O) groups is 1. The molecule has 3 heterocycles. The second-order valence-electron chi connectivity index (χ2n) is 7.37. The van der Waals surface area contributed by atoms with Gasteiger partial charge in [0.25, 0.3) is 0 Å². The van der Waals surface area contributed by atoms with Crippen molar-refractivity contribution >= 4 is 38.6 Å². The van der Waals surface area contributed by atoms with E-state index < -0.39 is 0 Å². The molecule has 1 unspecified atom stereocenters. The van der Waals surface area contributed by atoms with Gasteiger partial charge in [0.2, 0.25) is 11.7 Å². The molecule has 0 spiro atoms. The zero-order chi connectivity index (χ0) is 19.0. The first kappa shape index (κ1) is 18.3. The minimum atomic E-state index is -0.189. The smallest absolute Gasteiger partial charge is 0.234 e. The number of fused-ring (bicyclic) bond motifs is 1. The van der Waals surface area contributed by atoms with E-state index in [1.54, 1.807) is 12.3 Å². The van der Waals surface area contributed by atoms with E-state index in [9.17, 15) is 4.79 Å². The minimum Gasteiger partial charge on any atom is -0.444 e. The van der Waals surface area contributed by atoms with Crippen LogP contribution < -0.4 is 11.1 Å². The summed E-state index contributed by atoms with van der Waals surface area (Å²) in [6, 6.07) is 4.42. The van der Waals surface area contributed by atoms with Crippen molar-refractivity contribution in [2.45, 2.75) is 56.7 Å². The second kappa shape index (κ2) is 7.49. The van der Waals surface area contributed by atoms with E-state index in [2.05, 4.69) is 31.1 Å². The summed E-state index contributed by atoms with van der Waals surface area (Å²) in [4.78, 5) is 18.4. The molecular weight excluding hydrogens is 410 g/mol. The summed E-state index contributed by atoms with van der Waals surface area (Å²) in [5.74, 6) is 0.859. The number of primary amides is 1. The molecule has 142 valence electrons. The molecule has 1 saturated carbocycles. The normalized spacial score (nSPS) is 26.1. The number of hydrogen-bond donors (Lipinski definition) is 2. The number of halogens is 1. The van der Waals surface area contributed by atoms with Crippen LogP contribution in [0.4, 0.5) is 5.82 Å². The molecule has 0 bridgehead atoms. The number of nitrogens with one attached hydrogen (secondary N) is 1. The highest BCUT2D eigenvalue weighted by Crippen LogP contribution is 2.34. The molecule has 2 fully saturated rings. The summed E-state index contributed by atoms with van der Waals surface area (Å²) in [7, 11) is 0. The van der Waals surface area contributed by atoms with Gasteiger partial charge >= 0.3 is 0 Å². The topological polar surface area (TPSA) is 108 Å². The quantitative estimate of drug-likeness (QED) is 0.769. The third-order valence-electron chi connectivity index (χ3n) is 5.76. The van der Waals surface area contributed by atoms with Gasteiger partial charge in [-0.1, -0.05) is 0 Å². The second-order valence-corrected chi connectivity index (χ2v) is 8.16. The van der Waals surface area contributed by atoms with Crippen LogP contribution in [0.15, 0.2) is 21.2 Å². The molecule has 2 aliphatic rings. The van der Waals surface area contributed by atoms with Gasteiger partial charge in [0.1, 0.15) is 11.9 Å². The minimum absolute atomic E-state index is 0.0897. The van der Waals surface area contributed by atoms with Crippen molar-refractivity contribution in [1.29, 1.82) is 5.26 Å². The summed E-state index contributed by atoms with van der Waals surface area (Å²) in [6.45, 7) is 0.974. The van der Waals surface area contributed by atoms with Crippen LogP contribution in [-0.2, 0) is 4.79 Å². The average molecular weight is 432 g/mol. The third-order valence-corrected chi connectivity index (χ3v) is 6.56. The molecule has 3 N–H and O–H groups in total. The predicted molar refractivity (Wildman–Crippen MR) is 105 cm³/mol. The number of aromatic nitrogens is 1. The van der Waals surface area contributed by atoms with Gasteiger partial charge in [0.05, 0.1) is 16.7 Å². The van der Waals surface area contributed by atoms with Crippen LogP contribution in [0.3, 0.4) is 0 Å². The molecule has 8 heteroatoms. The lowest BCUT2D eigenvalue weighted by Gasteiger charge is -2.37. The number of nitrogens with two attached hydrogens (primary N) is 1. The van der Waals surface area contributed by atoms with Gasteiger partial charge in [-0.05, 0) is 61.0 Å². The molecule has 1 aliphatic heterocycles. The number of rotatable bonds is 4. The fourth-order valence-corrected chi connectivity index (χ4v) is 4.94. The number of pyridine rings is 1. The molecule has 1 amide bonds. The molecular formula is C19H22BrN5O2. The van der Waals surface area contributed by atoms with Gasteiger partial charge in [-0.3, -0.25) is 9.69 Å². The summed E-state index contributed by atoms with van der Waals surface area (Å²) in [6.07, 6.45) is 7.73. The van der Waals surface area contributed by atoms with Crippen LogP contribution in [0.1, 0.15) is 44.3 Å². The Morgan fingerprint density at radius 1 is 1.37 bits per heavy atom. The Hall–Kier alpha value is -2.11. The van der Waals surface area contributed by atoms with Crippen molar-refractivity contribution < 1.29 is 9.21 Å². The maximum atomic E-state index is 11.7. The molecule has 1 atom stereocenters. The molecule has 27 heavy (non-hydrogen) atoms. The van der Waals surface area contributed by atoms with Crippen LogP contribution in [0, 0.1) is 11.3 Å². The fourth-order valence-electron chi connectivity index (χ4n) is 4.41.